The number of carbonyl (C=O) groups is 1. The number of aliphatic hydroxyl groups excluding tert-OH is 1. The smallest absolute Gasteiger partial charge is 0.239 e. The minimum absolute atomic E-state index is 0.138. The molecule has 0 radical (unpaired) electrons. The maximum absolute atomic E-state index is 11.3. The molecule has 5 heteroatoms. The standard InChI is InChI=1S/C12H15N3O2/c1-9(16)7-15-12(17)8-14-11-4-2-10(6-13)3-5-11/h2-5,9,14,16H,7-8H2,1H3,(H,15,17). The number of hydrogen-bond donors (Lipinski definition) is 3. The van der Waals surface area contributed by atoms with Crippen molar-refractivity contribution in [2.45, 2.75) is 13.0 Å². The summed E-state index contributed by atoms with van der Waals surface area (Å²) in [6.07, 6.45) is -0.547. The summed E-state index contributed by atoms with van der Waals surface area (Å²) in [6.45, 7) is 1.99. The Morgan fingerprint density at radius 2 is 2.12 bits per heavy atom. The van der Waals surface area contributed by atoms with Gasteiger partial charge in [-0.25, -0.2) is 0 Å². The van der Waals surface area contributed by atoms with Gasteiger partial charge >= 0.3 is 0 Å². The van der Waals surface area contributed by atoms with E-state index in [2.05, 4.69) is 10.6 Å². The van der Waals surface area contributed by atoms with Gasteiger partial charge in [-0.3, -0.25) is 4.79 Å². The highest BCUT2D eigenvalue weighted by atomic mass is 16.3. The average molecular weight is 233 g/mol. The zero-order valence-corrected chi connectivity index (χ0v) is 9.60. The molecule has 0 aliphatic rings. The van der Waals surface area contributed by atoms with Crippen molar-refractivity contribution in [2.75, 3.05) is 18.4 Å². The van der Waals surface area contributed by atoms with Crippen molar-refractivity contribution >= 4 is 11.6 Å². The maximum atomic E-state index is 11.3. The lowest BCUT2D eigenvalue weighted by Gasteiger charge is -2.08. The van der Waals surface area contributed by atoms with Gasteiger partial charge in [0.05, 0.1) is 24.3 Å². The highest BCUT2D eigenvalue weighted by Gasteiger charge is 2.02. The molecule has 90 valence electrons. The lowest BCUT2D eigenvalue weighted by atomic mass is 10.2. The fraction of sp³-hybridized carbons (Fsp3) is 0.333. The largest absolute Gasteiger partial charge is 0.392 e. The van der Waals surface area contributed by atoms with Gasteiger partial charge in [-0.15, -0.1) is 0 Å². The zero-order chi connectivity index (χ0) is 12.7. The fourth-order valence-electron chi connectivity index (χ4n) is 1.17. The third-order valence-electron chi connectivity index (χ3n) is 2.06. The molecule has 1 aromatic rings. The average Bonchev–Trinajstić information content (AvgIpc) is 2.34. The van der Waals surface area contributed by atoms with Crippen LogP contribution in [0.5, 0.6) is 0 Å². The van der Waals surface area contributed by atoms with Crippen molar-refractivity contribution in [1.82, 2.24) is 5.32 Å². The van der Waals surface area contributed by atoms with Gasteiger partial charge in [0.2, 0.25) is 5.91 Å². The fourth-order valence-corrected chi connectivity index (χ4v) is 1.17. The van der Waals surface area contributed by atoms with E-state index in [0.717, 1.165) is 5.69 Å². The Hall–Kier alpha value is -2.06. The quantitative estimate of drug-likeness (QED) is 0.690. The molecule has 0 bridgehead atoms. The molecule has 0 spiro atoms. The normalized spacial score (nSPS) is 11.4. The summed E-state index contributed by atoms with van der Waals surface area (Å²) < 4.78 is 0. The Morgan fingerprint density at radius 1 is 1.47 bits per heavy atom. The van der Waals surface area contributed by atoms with Crippen LogP contribution in [-0.4, -0.2) is 30.2 Å². The lowest BCUT2D eigenvalue weighted by Crippen LogP contribution is -2.34. The van der Waals surface area contributed by atoms with E-state index in [1.54, 1.807) is 31.2 Å². The van der Waals surface area contributed by atoms with Crippen LogP contribution in [0.3, 0.4) is 0 Å². The van der Waals surface area contributed by atoms with Gasteiger partial charge in [0.15, 0.2) is 0 Å². The first-order valence-corrected chi connectivity index (χ1v) is 5.30. The SMILES string of the molecule is CC(O)CNC(=O)CNc1ccc(C#N)cc1. The monoisotopic (exact) mass is 233 g/mol. The van der Waals surface area contributed by atoms with Gasteiger partial charge in [-0.05, 0) is 31.2 Å². The minimum atomic E-state index is -0.547. The number of carbonyl (C=O) groups excluding carboxylic acids is 1. The number of rotatable bonds is 5. The molecule has 1 atom stereocenters. The summed E-state index contributed by atoms with van der Waals surface area (Å²) in [7, 11) is 0. The minimum Gasteiger partial charge on any atom is -0.392 e. The molecule has 0 aromatic heterocycles. The molecule has 0 aliphatic carbocycles. The summed E-state index contributed by atoms with van der Waals surface area (Å²) in [5, 5.41) is 23.1. The first kappa shape index (κ1) is 13.0. The van der Waals surface area contributed by atoms with Crippen molar-refractivity contribution in [1.29, 1.82) is 5.26 Å². The summed E-state index contributed by atoms with van der Waals surface area (Å²) in [4.78, 5) is 11.3. The van der Waals surface area contributed by atoms with E-state index in [9.17, 15) is 4.79 Å². The highest BCUT2D eigenvalue weighted by molar-refractivity contribution is 5.80. The molecular formula is C12H15N3O2. The zero-order valence-electron chi connectivity index (χ0n) is 9.60. The van der Waals surface area contributed by atoms with Crippen LogP contribution in [-0.2, 0) is 4.79 Å². The molecule has 0 heterocycles. The molecule has 0 saturated heterocycles. The summed E-state index contributed by atoms with van der Waals surface area (Å²) in [6, 6.07) is 8.84. The number of nitrogens with one attached hydrogen (secondary N) is 2. The lowest BCUT2D eigenvalue weighted by molar-refractivity contribution is -0.119. The molecule has 17 heavy (non-hydrogen) atoms. The van der Waals surface area contributed by atoms with E-state index in [-0.39, 0.29) is 19.0 Å². The molecule has 3 N–H and O–H groups in total. The van der Waals surface area contributed by atoms with Crippen LogP contribution in [0.15, 0.2) is 24.3 Å². The third-order valence-corrected chi connectivity index (χ3v) is 2.06. The van der Waals surface area contributed by atoms with Crippen molar-refractivity contribution in [3.05, 3.63) is 29.8 Å². The second-order valence-corrected chi connectivity index (χ2v) is 3.70. The second kappa shape index (κ2) is 6.51. The Morgan fingerprint density at radius 3 is 2.65 bits per heavy atom. The molecule has 1 rings (SSSR count). The van der Waals surface area contributed by atoms with E-state index in [1.165, 1.54) is 0 Å². The van der Waals surface area contributed by atoms with Crippen molar-refractivity contribution in [3.8, 4) is 6.07 Å². The Bertz CT molecular complexity index is 407. The van der Waals surface area contributed by atoms with Crippen LogP contribution in [0.2, 0.25) is 0 Å². The Kier molecular flexibility index (Phi) is 4.98. The Balaban J connectivity index is 2.35. The topological polar surface area (TPSA) is 85.2 Å². The molecule has 0 saturated carbocycles. The van der Waals surface area contributed by atoms with E-state index in [1.807, 2.05) is 6.07 Å². The summed E-state index contributed by atoms with van der Waals surface area (Å²) in [5.41, 5.74) is 1.35. The molecule has 1 aromatic carbocycles. The number of nitrogens with zero attached hydrogens (tertiary/aromatic N) is 1. The van der Waals surface area contributed by atoms with E-state index < -0.39 is 6.10 Å². The molecule has 1 amide bonds. The van der Waals surface area contributed by atoms with E-state index >= 15 is 0 Å². The van der Waals surface area contributed by atoms with Gasteiger partial charge in [0.25, 0.3) is 0 Å². The van der Waals surface area contributed by atoms with Crippen LogP contribution in [0.1, 0.15) is 12.5 Å². The van der Waals surface area contributed by atoms with Crippen LogP contribution < -0.4 is 10.6 Å². The molecule has 0 aliphatic heterocycles. The third kappa shape index (κ3) is 5.00. The summed E-state index contributed by atoms with van der Waals surface area (Å²) in [5.74, 6) is -0.185. The second-order valence-electron chi connectivity index (χ2n) is 3.70. The van der Waals surface area contributed by atoms with Crippen molar-refractivity contribution < 1.29 is 9.90 Å². The van der Waals surface area contributed by atoms with Crippen molar-refractivity contribution in [2.24, 2.45) is 0 Å². The molecule has 5 nitrogen and oxygen atoms in total. The van der Waals surface area contributed by atoms with E-state index in [0.29, 0.717) is 5.56 Å². The number of amides is 1. The van der Waals surface area contributed by atoms with Gasteiger partial charge in [0, 0.05) is 12.2 Å². The number of hydrogen-bond acceptors (Lipinski definition) is 4. The molecular weight excluding hydrogens is 218 g/mol. The maximum Gasteiger partial charge on any atom is 0.239 e. The molecule has 1 unspecified atom stereocenters. The Labute approximate surface area is 100 Å². The predicted octanol–water partition coefficient (Wildman–Crippen LogP) is 0.467. The van der Waals surface area contributed by atoms with Gasteiger partial charge < -0.3 is 15.7 Å². The van der Waals surface area contributed by atoms with Gasteiger partial charge in [-0.1, -0.05) is 0 Å². The molecule has 0 fully saturated rings. The number of anilines is 1. The van der Waals surface area contributed by atoms with Gasteiger partial charge in [0.1, 0.15) is 0 Å². The first-order valence-electron chi connectivity index (χ1n) is 5.30. The first-order chi connectivity index (χ1) is 8.11. The van der Waals surface area contributed by atoms with E-state index in [4.69, 9.17) is 10.4 Å². The predicted molar refractivity (Wildman–Crippen MR) is 64.3 cm³/mol. The number of benzene rings is 1. The number of aliphatic hydroxyl groups is 1. The van der Waals surface area contributed by atoms with Crippen molar-refractivity contribution in [3.63, 3.8) is 0 Å². The van der Waals surface area contributed by atoms with Crippen LogP contribution in [0.25, 0.3) is 0 Å². The van der Waals surface area contributed by atoms with Crippen LogP contribution >= 0.6 is 0 Å². The number of nitriles is 1. The highest BCUT2D eigenvalue weighted by Crippen LogP contribution is 2.07. The summed E-state index contributed by atoms with van der Waals surface area (Å²) >= 11 is 0. The van der Waals surface area contributed by atoms with Crippen LogP contribution in [0.4, 0.5) is 5.69 Å². The van der Waals surface area contributed by atoms with Gasteiger partial charge in [-0.2, -0.15) is 5.26 Å². The van der Waals surface area contributed by atoms with Crippen LogP contribution in [0, 0.1) is 11.3 Å².